The summed E-state index contributed by atoms with van der Waals surface area (Å²) < 4.78 is 0.980. The maximum Gasteiger partial charge on any atom is 0.150 e. The van der Waals surface area contributed by atoms with Crippen molar-refractivity contribution in [2.24, 2.45) is 5.73 Å². The molecule has 0 saturated heterocycles. The molecular weight excluding hydrogens is 204 g/mol. The topological polar surface area (TPSA) is 59.1 Å². The van der Waals surface area contributed by atoms with Gasteiger partial charge in [-0.2, -0.15) is 0 Å². The number of aliphatic hydroxyl groups excluding tert-OH is 1. The largest absolute Gasteiger partial charge is 0.395 e. The molecule has 0 radical (unpaired) electrons. The van der Waals surface area contributed by atoms with Crippen molar-refractivity contribution in [1.29, 1.82) is 0 Å². The molecule has 1 heterocycles. The number of aromatic nitrogens is 1. The fourth-order valence-electron chi connectivity index (χ4n) is 0.827. The highest BCUT2D eigenvalue weighted by molar-refractivity contribution is 8.01. The first kappa shape index (κ1) is 11.0. The van der Waals surface area contributed by atoms with Crippen LogP contribution < -0.4 is 5.73 Å². The minimum absolute atomic E-state index is 0.0146. The van der Waals surface area contributed by atoms with E-state index >= 15 is 0 Å². The Morgan fingerprint density at radius 2 is 2.46 bits per heavy atom. The van der Waals surface area contributed by atoms with Crippen molar-refractivity contribution >= 4 is 23.1 Å². The minimum atomic E-state index is -0.0146. The zero-order chi connectivity index (χ0) is 9.84. The molecule has 0 saturated carbocycles. The molecule has 74 valence electrons. The maximum absolute atomic E-state index is 9.04. The van der Waals surface area contributed by atoms with E-state index in [-0.39, 0.29) is 17.9 Å². The van der Waals surface area contributed by atoms with E-state index in [4.69, 9.17) is 10.8 Å². The second kappa shape index (κ2) is 4.95. The fraction of sp³-hybridized carbons (Fsp3) is 0.625. The molecule has 13 heavy (non-hydrogen) atoms. The normalized spacial score (nSPS) is 15.7. The van der Waals surface area contributed by atoms with Crippen molar-refractivity contribution in [2.75, 3.05) is 6.61 Å². The molecule has 0 aliphatic heterocycles. The number of thioether (sulfide) groups is 1. The molecule has 0 spiro atoms. The van der Waals surface area contributed by atoms with Gasteiger partial charge in [-0.25, -0.2) is 4.98 Å². The molecule has 1 rings (SSSR count). The van der Waals surface area contributed by atoms with E-state index < -0.39 is 0 Å². The first-order chi connectivity index (χ1) is 6.13. The summed E-state index contributed by atoms with van der Waals surface area (Å²) in [7, 11) is 0. The third-order valence-corrected chi connectivity index (χ3v) is 4.12. The van der Waals surface area contributed by atoms with Gasteiger partial charge in [0.15, 0.2) is 4.34 Å². The molecule has 1 aromatic rings. The van der Waals surface area contributed by atoms with Crippen molar-refractivity contribution in [2.45, 2.75) is 29.5 Å². The number of aryl methyl sites for hydroxylation is 1. The van der Waals surface area contributed by atoms with Crippen LogP contribution >= 0.6 is 23.1 Å². The zero-order valence-electron chi connectivity index (χ0n) is 7.73. The van der Waals surface area contributed by atoms with Crippen molar-refractivity contribution in [1.82, 2.24) is 4.98 Å². The summed E-state index contributed by atoms with van der Waals surface area (Å²) in [5.41, 5.74) is 6.72. The van der Waals surface area contributed by atoms with Crippen LogP contribution in [0.1, 0.15) is 12.6 Å². The Bertz CT molecular complexity index is 262. The average molecular weight is 218 g/mol. The summed E-state index contributed by atoms with van der Waals surface area (Å²) in [6.07, 6.45) is 0. The Hall–Kier alpha value is -0.100. The molecular formula is C8H14N2OS2. The molecule has 0 aliphatic carbocycles. The monoisotopic (exact) mass is 218 g/mol. The molecule has 0 bridgehead atoms. The van der Waals surface area contributed by atoms with Gasteiger partial charge in [-0.3, -0.25) is 0 Å². The number of nitrogens with zero attached hydrogens (tertiary/aromatic N) is 1. The molecule has 5 heteroatoms. The highest BCUT2D eigenvalue weighted by Gasteiger charge is 2.15. The lowest BCUT2D eigenvalue weighted by Crippen LogP contribution is -2.31. The van der Waals surface area contributed by atoms with Crippen LogP contribution in [-0.4, -0.2) is 28.0 Å². The van der Waals surface area contributed by atoms with Crippen LogP contribution in [0.2, 0.25) is 0 Å². The molecule has 0 aromatic carbocycles. The lowest BCUT2D eigenvalue weighted by atomic mass is 10.3. The van der Waals surface area contributed by atoms with Crippen molar-refractivity contribution in [3.8, 4) is 0 Å². The number of nitrogens with two attached hydrogens (primary N) is 1. The van der Waals surface area contributed by atoms with E-state index in [9.17, 15) is 0 Å². The predicted octanol–water partition coefficient (Wildman–Crippen LogP) is 1.25. The average Bonchev–Trinajstić information content (AvgIpc) is 2.46. The second-order valence-electron chi connectivity index (χ2n) is 2.95. The van der Waals surface area contributed by atoms with Gasteiger partial charge in [-0.15, -0.1) is 11.3 Å². The number of rotatable bonds is 4. The molecule has 0 aliphatic rings. The van der Waals surface area contributed by atoms with Crippen LogP contribution in [0.4, 0.5) is 0 Å². The van der Waals surface area contributed by atoms with Crippen LogP contribution in [0.5, 0.6) is 0 Å². The highest BCUT2D eigenvalue weighted by Crippen LogP contribution is 2.27. The van der Waals surface area contributed by atoms with Gasteiger partial charge in [0.05, 0.1) is 6.61 Å². The maximum atomic E-state index is 9.04. The van der Waals surface area contributed by atoms with E-state index in [2.05, 4.69) is 4.98 Å². The highest BCUT2D eigenvalue weighted by atomic mass is 32.2. The van der Waals surface area contributed by atoms with Gasteiger partial charge in [0.25, 0.3) is 0 Å². The molecule has 2 unspecified atom stereocenters. The van der Waals surface area contributed by atoms with Gasteiger partial charge in [0.2, 0.25) is 0 Å². The summed E-state index contributed by atoms with van der Waals surface area (Å²) in [5, 5.41) is 11.1. The van der Waals surface area contributed by atoms with Gasteiger partial charge in [0.1, 0.15) is 0 Å². The third kappa shape index (κ3) is 3.27. The first-order valence-electron chi connectivity index (χ1n) is 4.08. The Morgan fingerprint density at radius 3 is 2.85 bits per heavy atom. The van der Waals surface area contributed by atoms with Crippen LogP contribution in [0.15, 0.2) is 9.72 Å². The summed E-state index contributed by atoms with van der Waals surface area (Å²) in [6, 6.07) is -0.0146. The van der Waals surface area contributed by atoms with Crippen LogP contribution in [0.3, 0.4) is 0 Å². The summed E-state index contributed by atoms with van der Waals surface area (Å²) in [6.45, 7) is 3.95. The molecule has 3 nitrogen and oxygen atoms in total. The van der Waals surface area contributed by atoms with Gasteiger partial charge in [-0.1, -0.05) is 11.8 Å². The molecule has 3 N–H and O–H groups in total. The van der Waals surface area contributed by atoms with Gasteiger partial charge < -0.3 is 10.8 Å². The second-order valence-corrected chi connectivity index (χ2v) is 5.30. The van der Waals surface area contributed by atoms with Crippen molar-refractivity contribution in [3.63, 3.8) is 0 Å². The number of hydrogen-bond acceptors (Lipinski definition) is 5. The Balaban J connectivity index is 2.56. The van der Waals surface area contributed by atoms with E-state index in [0.29, 0.717) is 0 Å². The minimum Gasteiger partial charge on any atom is -0.395 e. The van der Waals surface area contributed by atoms with Gasteiger partial charge in [0, 0.05) is 22.4 Å². The van der Waals surface area contributed by atoms with E-state index in [1.165, 1.54) is 0 Å². The SMILES string of the molecule is Cc1csc(SC(CO)C(C)N)n1. The van der Waals surface area contributed by atoms with Crippen molar-refractivity contribution < 1.29 is 5.11 Å². The van der Waals surface area contributed by atoms with Crippen LogP contribution in [0.25, 0.3) is 0 Å². The standard InChI is InChI=1S/C8H14N2OS2/c1-5-4-12-8(10-5)13-7(3-11)6(2)9/h4,6-7,11H,3,9H2,1-2H3. The van der Waals surface area contributed by atoms with E-state index in [1.54, 1.807) is 23.1 Å². The first-order valence-corrected chi connectivity index (χ1v) is 5.84. The van der Waals surface area contributed by atoms with E-state index in [0.717, 1.165) is 10.0 Å². The van der Waals surface area contributed by atoms with E-state index in [1.807, 2.05) is 19.2 Å². The predicted molar refractivity (Wildman–Crippen MR) is 57.2 cm³/mol. The lowest BCUT2D eigenvalue weighted by Gasteiger charge is -2.15. The molecule has 0 amide bonds. The summed E-state index contributed by atoms with van der Waals surface area (Å²) in [4.78, 5) is 4.30. The fourth-order valence-corrected chi connectivity index (χ4v) is 2.83. The van der Waals surface area contributed by atoms with Gasteiger partial charge in [-0.05, 0) is 13.8 Å². The number of aliphatic hydroxyl groups is 1. The molecule has 2 atom stereocenters. The lowest BCUT2D eigenvalue weighted by molar-refractivity contribution is 0.285. The summed E-state index contributed by atoms with van der Waals surface area (Å²) >= 11 is 3.15. The molecule has 1 aromatic heterocycles. The van der Waals surface area contributed by atoms with Crippen LogP contribution in [-0.2, 0) is 0 Å². The quantitative estimate of drug-likeness (QED) is 0.747. The Kier molecular flexibility index (Phi) is 4.18. The van der Waals surface area contributed by atoms with Crippen molar-refractivity contribution in [3.05, 3.63) is 11.1 Å². The summed E-state index contributed by atoms with van der Waals surface area (Å²) in [5.74, 6) is 0. The number of thiazole rings is 1. The van der Waals surface area contributed by atoms with Gasteiger partial charge >= 0.3 is 0 Å². The third-order valence-electron chi connectivity index (χ3n) is 1.62. The Morgan fingerprint density at radius 1 is 1.77 bits per heavy atom. The molecule has 0 fully saturated rings. The Labute approximate surface area is 86.4 Å². The van der Waals surface area contributed by atoms with Crippen LogP contribution in [0, 0.1) is 6.92 Å². The smallest absolute Gasteiger partial charge is 0.150 e. The number of hydrogen-bond donors (Lipinski definition) is 2. The zero-order valence-corrected chi connectivity index (χ0v) is 9.36.